The maximum Gasteiger partial charge on any atom is 0.235 e. The Morgan fingerprint density at radius 3 is 2.08 bits per heavy atom. The second-order valence-electron chi connectivity index (χ2n) is 2.54. The predicted octanol–water partition coefficient (Wildman–Crippen LogP) is -0.858. The van der Waals surface area contributed by atoms with Crippen LogP contribution in [0.5, 0.6) is 0 Å². The lowest BCUT2D eigenvalue weighted by atomic mass is 10.3. The van der Waals surface area contributed by atoms with Crippen LogP contribution in [0.25, 0.3) is 0 Å². The lowest BCUT2D eigenvalue weighted by Gasteiger charge is -2.22. The molecule has 0 fully saturated rings. The molecule has 0 radical (unpaired) electrons. The van der Waals surface area contributed by atoms with Gasteiger partial charge in [0.25, 0.3) is 0 Å². The zero-order valence-corrected chi connectivity index (χ0v) is 8.26. The van der Waals surface area contributed by atoms with Gasteiger partial charge in [-0.2, -0.15) is 4.31 Å². The summed E-state index contributed by atoms with van der Waals surface area (Å²) in [6.07, 6.45) is 1.05. The van der Waals surface area contributed by atoms with Crippen molar-refractivity contribution in [2.45, 2.75) is 19.9 Å². The Bertz CT molecular complexity index is 260. The summed E-state index contributed by atoms with van der Waals surface area (Å²) in [6, 6.07) is -0.773. The maximum atomic E-state index is 11.0. The Kier molecular flexibility index (Phi) is 3.66. The molecule has 0 heterocycles. The van der Waals surface area contributed by atoms with Crippen molar-refractivity contribution < 1.29 is 13.2 Å². The fraction of sp³-hybridized carbons (Fsp3) is 0.833. The van der Waals surface area contributed by atoms with Crippen LogP contribution in [0.3, 0.4) is 0 Å². The molecule has 5 nitrogen and oxygen atoms in total. The van der Waals surface area contributed by atoms with Crippen molar-refractivity contribution in [3.05, 3.63) is 0 Å². The topological polar surface area (TPSA) is 80.5 Å². The van der Waals surface area contributed by atoms with Crippen molar-refractivity contribution >= 4 is 15.9 Å². The van der Waals surface area contributed by atoms with Crippen LogP contribution in [0.4, 0.5) is 0 Å². The molecule has 0 bridgehead atoms. The van der Waals surface area contributed by atoms with Gasteiger partial charge < -0.3 is 5.73 Å². The summed E-state index contributed by atoms with van der Waals surface area (Å²) >= 11 is 0. The zero-order chi connectivity index (χ0) is 9.94. The molecule has 0 aliphatic carbocycles. The van der Waals surface area contributed by atoms with Gasteiger partial charge in [0.1, 0.15) is 6.04 Å². The summed E-state index contributed by atoms with van der Waals surface area (Å²) in [7, 11) is -3.33. The molecule has 6 heteroatoms. The summed E-state index contributed by atoms with van der Waals surface area (Å²) in [5.41, 5.74) is 4.96. The van der Waals surface area contributed by atoms with Crippen LogP contribution in [0, 0.1) is 0 Å². The number of carbonyl (C=O) groups is 1. The van der Waals surface area contributed by atoms with Crippen LogP contribution in [0.15, 0.2) is 0 Å². The van der Waals surface area contributed by atoms with E-state index in [0.29, 0.717) is 0 Å². The third kappa shape index (κ3) is 2.78. The van der Waals surface area contributed by atoms with Gasteiger partial charge in [0, 0.05) is 6.54 Å². The van der Waals surface area contributed by atoms with Gasteiger partial charge in [0.2, 0.25) is 15.9 Å². The van der Waals surface area contributed by atoms with Crippen LogP contribution in [0.2, 0.25) is 0 Å². The van der Waals surface area contributed by atoms with Gasteiger partial charge in [0.05, 0.1) is 6.26 Å². The molecule has 0 aliphatic heterocycles. The first-order chi connectivity index (χ1) is 5.30. The Balaban J connectivity index is 4.70. The van der Waals surface area contributed by atoms with Crippen LogP contribution in [-0.2, 0) is 14.8 Å². The average Bonchev–Trinajstić information content (AvgIpc) is 1.85. The first-order valence-corrected chi connectivity index (χ1v) is 5.41. The largest absolute Gasteiger partial charge is 0.368 e. The summed E-state index contributed by atoms with van der Waals surface area (Å²) in [4.78, 5) is 10.7. The molecule has 12 heavy (non-hydrogen) atoms. The van der Waals surface area contributed by atoms with Gasteiger partial charge in [-0.25, -0.2) is 8.42 Å². The minimum absolute atomic E-state index is 0.253. The number of primary amides is 1. The normalized spacial score (nSPS) is 14.7. The highest BCUT2D eigenvalue weighted by atomic mass is 32.2. The van der Waals surface area contributed by atoms with E-state index in [1.807, 2.05) is 0 Å². The first-order valence-electron chi connectivity index (χ1n) is 3.56. The number of carbonyl (C=O) groups excluding carboxylic acids is 1. The van der Waals surface area contributed by atoms with Crippen molar-refractivity contribution in [2.75, 3.05) is 12.8 Å². The number of nitrogens with zero attached hydrogens (tertiary/aromatic N) is 1. The highest BCUT2D eigenvalue weighted by molar-refractivity contribution is 7.88. The molecule has 0 aromatic heterocycles. The molecular weight excluding hydrogens is 180 g/mol. The molecule has 0 aromatic carbocycles. The molecule has 0 aliphatic rings. The van der Waals surface area contributed by atoms with E-state index < -0.39 is 22.0 Å². The number of sulfonamides is 1. The highest BCUT2D eigenvalue weighted by Crippen LogP contribution is 2.03. The Hall–Kier alpha value is -0.620. The lowest BCUT2D eigenvalue weighted by Crippen LogP contribution is -2.45. The van der Waals surface area contributed by atoms with E-state index in [-0.39, 0.29) is 6.54 Å². The summed E-state index contributed by atoms with van der Waals surface area (Å²) in [5.74, 6) is -0.637. The third-order valence-electron chi connectivity index (χ3n) is 1.58. The number of likely N-dealkylation sites (N-methyl/N-ethyl adjacent to an activating group) is 1. The summed E-state index contributed by atoms with van der Waals surface area (Å²) in [5, 5.41) is 0. The van der Waals surface area contributed by atoms with Crippen molar-refractivity contribution in [3.63, 3.8) is 0 Å². The van der Waals surface area contributed by atoms with Crippen molar-refractivity contribution in [1.82, 2.24) is 4.31 Å². The minimum atomic E-state index is -3.33. The van der Waals surface area contributed by atoms with E-state index in [1.165, 1.54) is 6.92 Å². The molecule has 0 aromatic rings. The second kappa shape index (κ2) is 3.86. The molecule has 2 N–H and O–H groups in total. The first kappa shape index (κ1) is 11.4. The Labute approximate surface area is 72.6 Å². The van der Waals surface area contributed by atoms with E-state index in [2.05, 4.69) is 0 Å². The molecule has 0 saturated carbocycles. The Morgan fingerprint density at radius 1 is 1.58 bits per heavy atom. The van der Waals surface area contributed by atoms with Gasteiger partial charge >= 0.3 is 0 Å². The molecule has 72 valence electrons. The van der Waals surface area contributed by atoms with E-state index >= 15 is 0 Å². The standard InChI is InChI=1S/C6H14N2O3S/c1-4-8(12(3,10)11)5(2)6(7)9/h5H,4H2,1-3H3,(H2,7,9)/t5-/m1/s1. The van der Waals surface area contributed by atoms with Gasteiger partial charge in [-0.15, -0.1) is 0 Å². The molecule has 0 unspecified atom stereocenters. The molecule has 0 saturated heterocycles. The van der Waals surface area contributed by atoms with E-state index in [1.54, 1.807) is 6.92 Å². The van der Waals surface area contributed by atoms with Gasteiger partial charge in [-0.05, 0) is 6.92 Å². The summed E-state index contributed by atoms with van der Waals surface area (Å²) in [6.45, 7) is 3.37. The molecule has 1 atom stereocenters. The Morgan fingerprint density at radius 2 is 2.00 bits per heavy atom. The lowest BCUT2D eigenvalue weighted by molar-refractivity contribution is -0.121. The maximum absolute atomic E-state index is 11.0. The molecule has 0 spiro atoms. The number of amides is 1. The average molecular weight is 194 g/mol. The van der Waals surface area contributed by atoms with E-state index in [9.17, 15) is 13.2 Å². The SMILES string of the molecule is CCN([C@H](C)C(N)=O)S(C)(=O)=O. The van der Waals surface area contributed by atoms with Crippen LogP contribution in [0.1, 0.15) is 13.8 Å². The smallest absolute Gasteiger partial charge is 0.235 e. The molecule has 1 amide bonds. The van der Waals surface area contributed by atoms with Gasteiger partial charge in [-0.3, -0.25) is 4.79 Å². The summed E-state index contributed by atoms with van der Waals surface area (Å²) < 4.78 is 23.1. The highest BCUT2D eigenvalue weighted by Gasteiger charge is 2.24. The fourth-order valence-corrected chi connectivity index (χ4v) is 2.08. The quantitative estimate of drug-likeness (QED) is 0.632. The van der Waals surface area contributed by atoms with E-state index in [4.69, 9.17) is 5.73 Å². The van der Waals surface area contributed by atoms with Crippen LogP contribution < -0.4 is 5.73 Å². The molecular formula is C6H14N2O3S. The number of nitrogens with two attached hydrogens (primary N) is 1. The third-order valence-corrected chi connectivity index (χ3v) is 3.01. The number of hydrogen-bond donors (Lipinski definition) is 1. The van der Waals surface area contributed by atoms with Crippen molar-refractivity contribution in [3.8, 4) is 0 Å². The minimum Gasteiger partial charge on any atom is -0.368 e. The van der Waals surface area contributed by atoms with Gasteiger partial charge in [-0.1, -0.05) is 6.92 Å². The zero-order valence-electron chi connectivity index (χ0n) is 7.44. The monoisotopic (exact) mass is 194 g/mol. The predicted molar refractivity (Wildman–Crippen MR) is 45.9 cm³/mol. The molecule has 0 rings (SSSR count). The van der Waals surface area contributed by atoms with Crippen molar-refractivity contribution in [1.29, 1.82) is 0 Å². The number of rotatable bonds is 4. The van der Waals surface area contributed by atoms with E-state index in [0.717, 1.165) is 10.6 Å². The van der Waals surface area contributed by atoms with Crippen LogP contribution in [-0.4, -0.2) is 37.5 Å². The van der Waals surface area contributed by atoms with Crippen molar-refractivity contribution in [2.24, 2.45) is 5.73 Å². The van der Waals surface area contributed by atoms with Gasteiger partial charge in [0.15, 0.2) is 0 Å². The van der Waals surface area contributed by atoms with Crippen LogP contribution >= 0.6 is 0 Å². The fourth-order valence-electron chi connectivity index (χ4n) is 0.938. The second-order valence-corrected chi connectivity index (χ2v) is 4.48. The number of hydrogen-bond acceptors (Lipinski definition) is 3.